The predicted octanol–water partition coefficient (Wildman–Crippen LogP) is 1.66. The van der Waals surface area contributed by atoms with Crippen LogP contribution in [0.2, 0.25) is 0 Å². The SMILES string of the molecule is COc1ccc2nc(N)n(CC(C)OC)c2c1. The summed E-state index contributed by atoms with van der Waals surface area (Å²) < 4.78 is 12.4. The van der Waals surface area contributed by atoms with Gasteiger partial charge >= 0.3 is 0 Å². The molecule has 2 aromatic rings. The van der Waals surface area contributed by atoms with Gasteiger partial charge in [0.1, 0.15) is 5.75 Å². The second-order valence-corrected chi connectivity index (χ2v) is 3.98. The molecule has 0 aliphatic carbocycles. The van der Waals surface area contributed by atoms with Crippen molar-refractivity contribution in [3.05, 3.63) is 18.2 Å². The van der Waals surface area contributed by atoms with E-state index in [-0.39, 0.29) is 6.10 Å². The Morgan fingerprint density at radius 3 is 2.82 bits per heavy atom. The Morgan fingerprint density at radius 2 is 2.18 bits per heavy atom. The average molecular weight is 235 g/mol. The largest absolute Gasteiger partial charge is 0.497 e. The molecule has 5 heteroatoms. The van der Waals surface area contributed by atoms with Gasteiger partial charge in [-0.2, -0.15) is 0 Å². The number of nitrogens with two attached hydrogens (primary N) is 1. The number of imidazole rings is 1. The van der Waals surface area contributed by atoms with Crippen LogP contribution in [0.1, 0.15) is 6.92 Å². The van der Waals surface area contributed by atoms with Crippen LogP contribution in [0.25, 0.3) is 11.0 Å². The van der Waals surface area contributed by atoms with E-state index in [9.17, 15) is 0 Å². The Morgan fingerprint density at radius 1 is 1.41 bits per heavy atom. The fourth-order valence-corrected chi connectivity index (χ4v) is 1.77. The van der Waals surface area contributed by atoms with Crippen LogP contribution in [0.3, 0.4) is 0 Å². The Balaban J connectivity index is 2.48. The van der Waals surface area contributed by atoms with Gasteiger partial charge in [-0.05, 0) is 19.1 Å². The first-order valence-corrected chi connectivity index (χ1v) is 5.48. The summed E-state index contributed by atoms with van der Waals surface area (Å²) in [5, 5.41) is 0. The third-order valence-electron chi connectivity index (χ3n) is 2.83. The number of rotatable bonds is 4. The molecular formula is C12H17N3O2. The lowest BCUT2D eigenvalue weighted by atomic mass is 10.3. The Hall–Kier alpha value is -1.75. The fraction of sp³-hybridized carbons (Fsp3) is 0.417. The van der Waals surface area contributed by atoms with Crippen molar-refractivity contribution >= 4 is 17.0 Å². The molecule has 1 unspecified atom stereocenters. The van der Waals surface area contributed by atoms with Crippen LogP contribution in [0, 0.1) is 0 Å². The third-order valence-corrected chi connectivity index (χ3v) is 2.83. The summed E-state index contributed by atoms with van der Waals surface area (Å²) in [6.45, 7) is 2.66. The second-order valence-electron chi connectivity index (χ2n) is 3.98. The molecule has 92 valence electrons. The molecule has 0 amide bonds. The molecule has 0 fully saturated rings. The van der Waals surface area contributed by atoms with Gasteiger partial charge in [-0.25, -0.2) is 4.98 Å². The molecule has 0 spiro atoms. The molecule has 1 heterocycles. The predicted molar refractivity (Wildman–Crippen MR) is 67.2 cm³/mol. The van der Waals surface area contributed by atoms with E-state index in [0.717, 1.165) is 16.8 Å². The minimum absolute atomic E-state index is 0.0842. The number of nitrogen functional groups attached to an aromatic ring is 1. The number of nitrogens with zero attached hydrogens (tertiary/aromatic N) is 2. The fourth-order valence-electron chi connectivity index (χ4n) is 1.77. The summed E-state index contributed by atoms with van der Waals surface area (Å²) in [7, 11) is 3.32. The zero-order chi connectivity index (χ0) is 12.4. The van der Waals surface area contributed by atoms with Gasteiger partial charge in [0, 0.05) is 13.2 Å². The van der Waals surface area contributed by atoms with Gasteiger partial charge in [0.25, 0.3) is 0 Å². The second kappa shape index (κ2) is 4.63. The van der Waals surface area contributed by atoms with Gasteiger partial charge in [-0.3, -0.25) is 0 Å². The van der Waals surface area contributed by atoms with E-state index in [4.69, 9.17) is 15.2 Å². The first-order valence-electron chi connectivity index (χ1n) is 5.48. The number of hydrogen-bond acceptors (Lipinski definition) is 4. The minimum atomic E-state index is 0.0842. The molecule has 0 bridgehead atoms. The smallest absolute Gasteiger partial charge is 0.201 e. The normalized spacial score (nSPS) is 12.9. The lowest BCUT2D eigenvalue weighted by Crippen LogP contribution is -2.16. The molecule has 0 radical (unpaired) electrons. The molecule has 0 saturated carbocycles. The van der Waals surface area contributed by atoms with Crippen molar-refractivity contribution in [1.29, 1.82) is 0 Å². The Kier molecular flexibility index (Phi) is 3.19. The summed E-state index contributed by atoms with van der Waals surface area (Å²) in [6.07, 6.45) is 0.0842. The minimum Gasteiger partial charge on any atom is -0.497 e. The highest BCUT2D eigenvalue weighted by Crippen LogP contribution is 2.23. The Labute approximate surface area is 100 Å². The van der Waals surface area contributed by atoms with E-state index in [2.05, 4.69) is 4.98 Å². The average Bonchev–Trinajstić information content (AvgIpc) is 2.65. The first-order chi connectivity index (χ1) is 8.15. The molecule has 5 nitrogen and oxygen atoms in total. The molecule has 1 atom stereocenters. The van der Waals surface area contributed by atoms with Gasteiger partial charge < -0.3 is 19.8 Å². The van der Waals surface area contributed by atoms with E-state index in [1.54, 1.807) is 14.2 Å². The maximum atomic E-state index is 5.90. The number of ether oxygens (including phenoxy) is 2. The van der Waals surface area contributed by atoms with Crippen molar-refractivity contribution in [2.24, 2.45) is 0 Å². The molecule has 1 aromatic carbocycles. The van der Waals surface area contributed by atoms with Crippen LogP contribution in [-0.2, 0) is 11.3 Å². The van der Waals surface area contributed by atoms with Crippen LogP contribution in [0.15, 0.2) is 18.2 Å². The summed E-state index contributed by atoms with van der Waals surface area (Å²) in [6, 6.07) is 5.71. The monoisotopic (exact) mass is 235 g/mol. The molecular weight excluding hydrogens is 218 g/mol. The van der Waals surface area contributed by atoms with Gasteiger partial charge in [-0.1, -0.05) is 0 Å². The van der Waals surface area contributed by atoms with Crippen molar-refractivity contribution in [3.63, 3.8) is 0 Å². The molecule has 17 heavy (non-hydrogen) atoms. The maximum absolute atomic E-state index is 5.90. The molecule has 0 saturated heterocycles. The number of aromatic nitrogens is 2. The number of anilines is 1. The van der Waals surface area contributed by atoms with E-state index >= 15 is 0 Å². The highest BCUT2D eigenvalue weighted by atomic mass is 16.5. The zero-order valence-electron chi connectivity index (χ0n) is 10.3. The summed E-state index contributed by atoms with van der Waals surface area (Å²) in [4.78, 5) is 4.31. The van der Waals surface area contributed by atoms with Crippen LogP contribution < -0.4 is 10.5 Å². The topological polar surface area (TPSA) is 62.3 Å². The van der Waals surface area contributed by atoms with E-state index in [0.29, 0.717) is 12.5 Å². The van der Waals surface area contributed by atoms with Gasteiger partial charge in [0.2, 0.25) is 5.95 Å². The number of benzene rings is 1. The molecule has 0 aliphatic heterocycles. The standard InChI is InChI=1S/C12H17N3O2/c1-8(16-2)7-15-11-6-9(17-3)4-5-10(11)14-12(15)13/h4-6,8H,7H2,1-3H3,(H2,13,14). The van der Waals surface area contributed by atoms with E-state index in [1.165, 1.54) is 0 Å². The lowest BCUT2D eigenvalue weighted by Gasteiger charge is -2.12. The van der Waals surface area contributed by atoms with Crippen LogP contribution in [-0.4, -0.2) is 29.9 Å². The summed E-state index contributed by atoms with van der Waals surface area (Å²) >= 11 is 0. The van der Waals surface area contributed by atoms with Crippen molar-refractivity contribution in [2.45, 2.75) is 19.6 Å². The van der Waals surface area contributed by atoms with Gasteiger partial charge in [0.15, 0.2) is 0 Å². The van der Waals surface area contributed by atoms with Crippen molar-refractivity contribution < 1.29 is 9.47 Å². The number of hydrogen-bond donors (Lipinski definition) is 1. The van der Waals surface area contributed by atoms with Crippen molar-refractivity contribution in [1.82, 2.24) is 9.55 Å². The van der Waals surface area contributed by atoms with E-state index < -0.39 is 0 Å². The number of fused-ring (bicyclic) bond motifs is 1. The van der Waals surface area contributed by atoms with E-state index in [1.807, 2.05) is 29.7 Å². The third kappa shape index (κ3) is 2.19. The number of methoxy groups -OCH3 is 2. The maximum Gasteiger partial charge on any atom is 0.201 e. The highest BCUT2D eigenvalue weighted by molar-refractivity contribution is 5.79. The molecule has 1 aromatic heterocycles. The molecule has 0 aliphatic rings. The quantitative estimate of drug-likeness (QED) is 0.875. The summed E-state index contributed by atoms with van der Waals surface area (Å²) in [5.41, 5.74) is 7.73. The first kappa shape index (κ1) is 11.7. The van der Waals surface area contributed by atoms with Crippen molar-refractivity contribution in [3.8, 4) is 5.75 Å². The van der Waals surface area contributed by atoms with Gasteiger partial charge in [0.05, 0.1) is 30.8 Å². The zero-order valence-corrected chi connectivity index (χ0v) is 10.3. The van der Waals surface area contributed by atoms with Gasteiger partial charge in [-0.15, -0.1) is 0 Å². The highest BCUT2D eigenvalue weighted by Gasteiger charge is 2.11. The molecule has 2 rings (SSSR count). The van der Waals surface area contributed by atoms with Crippen LogP contribution in [0.5, 0.6) is 5.75 Å². The van der Waals surface area contributed by atoms with Crippen LogP contribution >= 0.6 is 0 Å². The van der Waals surface area contributed by atoms with Crippen LogP contribution in [0.4, 0.5) is 5.95 Å². The molecule has 2 N–H and O–H groups in total. The Bertz CT molecular complexity index is 522. The van der Waals surface area contributed by atoms with Crippen molar-refractivity contribution in [2.75, 3.05) is 20.0 Å². The lowest BCUT2D eigenvalue weighted by molar-refractivity contribution is 0.105. The summed E-state index contributed by atoms with van der Waals surface area (Å²) in [5.74, 6) is 1.29.